The van der Waals surface area contributed by atoms with Crippen LogP contribution in [-0.2, 0) is 10.9 Å². The van der Waals surface area contributed by atoms with Crippen LogP contribution >= 0.6 is 0 Å². The molecule has 0 aliphatic rings. The first-order chi connectivity index (χ1) is 15.9. The molecule has 0 amide bonds. The second-order valence-electron chi connectivity index (χ2n) is 8.99. The predicted octanol–water partition coefficient (Wildman–Crippen LogP) is 9.65. The molecule has 0 N–H and O–H groups in total. The van der Waals surface area contributed by atoms with E-state index in [4.69, 9.17) is 4.74 Å². The van der Waals surface area contributed by atoms with Crippen LogP contribution in [0.4, 0.5) is 17.6 Å². The van der Waals surface area contributed by atoms with Crippen molar-refractivity contribution in [2.24, 2.45) is 0 Å². The van der Waals surface area contributed by atoms with Crippen LogP contribution in [0.15, 0.2) is 18.2 Å². The number of carbonyl (C=O) groups excluding carboxylic acids is 1. The molecule has 0 unspecified atom stereocenters. The van der Waals surface area contributed by atoms with E-state index in [1.54, 1.807) is 0 Å². The normalized spacial score (nSPS) is 11.7. The summed E-state index contributed by atoms with van der Waals surface area (Å²) in [6, 6.07) is 2.17. The third-order valence-electron chi connectivity index (χ3n) is 5.99. The second kappa shape index (κ2) is 17.8. The van der Waals surface area contributed by atoms with Crippen LogP contribution < -0.4 is 0 Å². The predicted molar refractivity (Wildman–Crippen MR) is 126 cm³/mol. The summed E-state index contributed by atoms with van der Waals surface area (Å²) in [5.41, 5.74) is -1.73. The van der Waals surface area contributed by atoms with E-state index in [9.17, 15) is 22.4 Å². The third-order valence-corrected chi connectivity index (χ3v) is 5.99. The van der Waals surface area contributed by atoms with Gasteiger partial charge in [0.2, 0.25) is 0 Å². The Morgan fingerprint density at radius 2 is 1.15 bits per heavy atom. The summed E-state index contributed by atoms with van der Waals surface area (Å²) in [5, 5.41) is 0. The number of hydrogen-bond donors (Lipinski definition) is 0. The van der Waals surface area contributed by atoms with Crippen molar-refractivity contribution in [1.29, 1.82) is 0 Å². The number of esters is 1. The van der Waals surface area contributed by atoms with Crippen molar-refractivity contribution in [3.05, 3.63) is 35.1 Å². The molecule has 0 radical (unpaired) electrons. The summed E-state index contributed by atoms with van der Waals surface area (Å²) in [6.45, 7) is 2.41. The van der Waals surface area contributed by atoms with Gasteiger partial charge in [-0.2, -0.15) is 13.2 Å². The first-order valence-electron chi connectivity index (χ1n) is 12.9. The monoisotopic (exact) mass is 474 g/mol. The van der Waals surface area contributed by atoms with Crippen LogP contribution in [0.5, 0.6) is 0 Å². The SMILES string of the molecule is CCCCCCCCCCCCCCCCCCCOC(=O)c1ccc(F)c(C(F)(F)F)c1. The summed E-state index contributed by atoms with van der Waals surface area (Å²) in [4.78, 5) is 11.9. The summed E-state index contributed by atoms with van der Waals surface area (Å²) in [7, 11) is 0. The maximum absolute atomic E-state index is 13.3. The lowest BCUT2D eigenvalue weighted by Crippen LogP contribution is -2.12. The zero-order valence-electron chi connectivity index (χ0n) is 20.3. The van der Waals surface area contributed by atoms with Crippen molar-refractivity contribution in [3.8, 4) is 0 Å². The number of alkyl halides is 3. The molecule has 0 aliphatic heterocycles. The topological polar surface area (TPSA) is 26.3 Å². The summed E-state index contributed by atoms with van der Waals surface area (Å²) in [6.07, 6.45) is 16.4. The average molecular weight is 475 g/mol. The summed E-state index contributed by atoms with van der Waals surface area (Å²) < 4.78 is 56.5. The highest BCUT2D eigenvalue weighted by Crippen LogP contribution is 2.32. The van der Waals surface area contributed by atoms with Gasteiger partial charge in [0.25, 0.3) is 0 Å². The molecule has 6 heteroatoms. The molecule has 1 aromatic carbocycles. The highest BCUT2D eigenvalue weighted by atomic mass is 19.4. The molecule has 190 valence electrons. The molecule has 33 heavy (non-hydrogen) atoms. The van der Waals surface area contributed by atoms with Crippen LogP contribution in [0.1, 0.15) is 132 Å². The van der Waals surface area contributed by atoms with Gasteiger partial charge in [-0.3, -0.25) is 0 Å². The lowest BCUT2D eigenvalue weighted by Gasteiger charge is -2.10. The van der Waals surface area contributed by atoms with Gasteiger partial charge in [0.15, 0.2) is 0 Å². The van der Waals surface area contributed by atoms with Crippen molar-refractivity contribution in [3.63, 3.8) is 0 Å². The van der Waals surface area contributed by atoms with Gasteiger partial charge < -0.3 is 4.74 Å². The van der Waals surface area contributed by atoms with Crippen LogP contribution in [0.2, 0.25) is 0 Å². The maximum atomic E-state index is 13.3. The van der Waals surface area contributed by atoms with Gasteiger partial charge in [0, 0.05) is 0 Å². The van der Waals surface area contributed by atoms with E-state index in [-0.39, 0.29) is 12.2 Å². The largest absolute Gasteiger partial charge is 0.462 e. The fourth-order valence-electron chi connectivity index (χ4n) is 3.94. The molecule has 0 bridgehead atoms. The minimum absolute atomic E-state index is 0.163. The first-order valence-corrected chi connectivity index (χ1v) is 12.9. The lowest BCUT2D eigenvalue weighted by molar-refractivity contribution is -0.140. The molecule has 0 saturated heterocycles. The van der Waals surface area contributed by atoms with Crippen LogP contribution in [0.3, 0.4) is 0 Å². The molecular formula is C27H42F4O2. The molecule has 1 rings (SSSR count). The Kier molecular flexibility index (Phi) is 15.9. The molecule has 0 aliphatic carbocycles. The molecule has 0 saturated carbocycles. The van der Waals surface area contributed by atoms with Gasteiger partial charge in [-0.1, -0.05) is 110 Å². The molecule has 1 aromatic rings. The summed E-state index contributed by atoms with van der Waals surface area (Å²) >= 11 is 0. The zero-order chi connectivity index (χ0) is 24.4. The number of carbonyl (C=O) groups is 1. The fraction of sp³-hybridized carbons (Fsp3) is 0.741. The van der Waals surface area contributed by atoms with Crippen molar-refractivity contribution in [1.82, 2.24) is 0 Å². The van der Waals surface area contributed by atoms with Gasteiger partial charge in [-0.05, 0) is 24.6 Å². The Hall–Kier alpha value is -1.59. The van der Waals surface area contributed by atoms with Gasteiger partial charge in [0.1, 0.15) is 5.82 Å². The van der Waals surface area contributed by atoms with E-state index < -0.39 is 23.5 Å². The van der Waals surface area contributed by atoms with Crippen molar-refractivity contribution in [2.45, 2.75) is 122 Å². The van der Waals surface area contributed by atoms with Gasteiger partial charge in [-0.15, -0.1) is 0 Å². The second-order valence-corrected chi connectivity index (χ2v) is 8.99. The Balaban J connectivity index is 1.94. The number of halogens is 4. The molecular weight excluding hydrogens is 432 g/mol. The number of rotatable bonds is 19. The van der Waals surface area contributed by atoms with E-state index in [1.165, 1.54) is 83.5 Å². The number of unbranched alkanes of at least 4 members (excludes halogenated alkanes) is 16. The molecule has 0 heterocycles. The average Bonchev–Trinajstić information content (AvgIpc) is 2.77. The Bertz CT molecular complexity index is 643. The first kappa shape index (κ1) is 29.4. The third kappa shape index (κ3) is 14.3. The number of ether oxygens (including phenoxy) is 1. The zero-order valence-corrected chi connectivity index (χ0v) is 20.3. The minimum Gasteiger partial charge on any atom is -0.462 e. The highest BCUT2D eigenvalue weighted by molar-refractivity contribution is 5.89. The van der Waals surface area contributed by atoms with E-state index >= 15 is 0 Å². The maximum Gasteiger partial charge on any atom is 0.419 e. The van der Waals surface area contributed by atoms with Crippen LogP contribution in [0, 0.1) is 5.82 Å². The quantitative estimate of drug-likeness (QED) is 0.113. The van der Waals surface area contributed by atoms with E-state index in [0.717, 1.165) is 25.3 Å². The number of benzene rings is 1. The fourth-order valence-corrected chi connectivity index (χ4v) is 3.94. The van der Waals surface area contributed by atoms with E-state index in [0.29, 0.717) is 18.6 Å². The number of hydrogen-bond acceptors (Lipinski definition) is 2. The van der Waals surface area contributed by atoms with Crippen LogP contribution in [-0.4, -0.2) is 12.6 Å². The minimum atomic E-state index is -4.84. The molecule has 2 nitrogen and oxygen atoms in total. The van der Waals surface area contributed by atoms with Crippen molar-refractivity contribution < 1.29 is 27.1 Å². The molecule has 0 spiro atoms. The Morgan fingerprint density at radius 3 is 1.58 bits per heavy atom. The van der Waals surface area contributed by atoms with Gasteiger partial charge >= 0.3 is 12.1 Å². The Labute approximate surface area is 197 Å². The standard InChI is InChI=1S/C27H42F4O2/c1-2-3-4-5-6-7-8-9-10-11-12-13-14-15-16-17-18-21-33-26(32)23-19-20-25(28)24(22-23)27(29,30)31/h19-20,22H,2-18,21H2,1H3. The van der Waals surface area contributed by atoms with Crippen LogP contribution in [0.25, 0.3) is 0 Å². The van der Waals surface area contributed by atoms with E-state index in [1.807, 2.05) is 0 Å². The Morgan fingerprint density at radius 1 is 0.727 bits per heavy atom. The van der Waals surface area contributed by atoms with E-state index in [2.05, 4.69) is 6.92 Å². The molecule has 0 fully saturated rings. The molecule has 0 aromatic heterocycles. The van der Waals surface area contributed by atoms with Crippen molar-refractivity contribution >= 4 is 5.97 Å². The van der Waals surface area contributed by atoms with Gasteiger partial charge in [0.05, 0.1) is 17.7 Å². The highest BCUT2D eigenvalue weighted by Gasteiger charge is 2.34. The lowest BCUT2D eigenvalue weighted by atomic mass is 10.0. The van der Waals surface area contributed by atoms with Crippen molar-refractivity contribution in [2.75, 3.05) is 6.61 Å². The smallest absolute Gasteiger partial charge is 0.419 e. The summed E-state index contributed by atoms with van der Waals surface area (Å²) in [5.74, 6) is -2.25. The van der Waals surface area contributed by atoms with Gasteiger partial charge in [-0.25, -0.2) is 9.18 Å². The molecule has 0 atom stereocenters.